The van der Waals surface area contributed by atoms with Crippen LogP contribution in [0, 0.1) is 0 Å². The average molecular weight is 261 g/mol. The van der Waals surface area contributed by atoms with Crippen LogP contribution in [0.25, 0.3) is 0 Å². The van der Waals surface area contributed by atoms with Crippen molar-refractivity contribution in [1.82, 2.24) is 0 Å². The molecule has 0 aliphatic carbocycles. The first-order valence-electron chi connectivity index (χ1n) is 7.26. The number of carbonyl (C=O) groups is 3. The lowest BCUT2D eigenvalue weighted by Crippen LogP contribution is -2.43. The number of hydrogen-bond donors (Lipinski definition) is 0. The zero-order valence-corrected chi connectivity index (χ0v) is 11.2. The van der Waals surface area contributed by atoms with Gasteiger partial charge in [-0.3, -0.25) is 9.59 Å². The van der Waals surface area contributed by atoms with E-state index in [2.05, 4.69) is 0 Å². The van der Waals surface area contributed by atoms with E-state index in [4.69, 9.17) is 13.6 Å². The topological polar surface area (TPSA) is 69.7 Å². The summed E-state index contributed by atoms with van der Waals surface area (Å²) in [5, 5.41) is 0. The Labute approximate surface area is 112 Å². The standard InChI is InChI=1S/C13H22O5/c1-9(14)7-6-8-12(17-10(2)15)13(4,5)18-11(3)16/h12H,6-8H2,1-5H3/i4D3/t12?,13-/m0/s1. The number of esters is 2. The van der Waals surface area contributed by atoms with Gasteiger partial charge in [0, 0.05) is 24.4 Å². The van der Waals surface area contributed by atoms with Crippen LogP contribution in [-0.4, -0.2) is 29.4 Å². The fourth-order valence-electron chi connectivity index (χ4n) is 1.55. The zero-order valence-electron chi connectivity index (χ0n) is 14.2. The van der Waals surface area contributed by atoms with Crippen LogP contribution in [0.4, 0.5) is 0 Å². The van der Waals surface area contributed by atoms with E-state index in [1.807, 2.05) is 0 Å². The van der Waals surface area contributed by atoms with Crippen molar-refractivity contribution in [2.24, 2.45) is 0 Å². The molecule has 0 aromatic rings. The van der Waals surface area contributed by atoms with E-state index in [-0.39, 0.29) is 18.6 Å². The Bertz CT molecular complexity index is 405. The van der Waals surface area contributed by atoms with Gasteiger partial charge in [0.05, 0.1) is 0 Å². The molecule has 0 saturated heterocycles. The van der Waals surface area contributed by atoms with Crippen LogP contribution in [0.15, 0.2) is 0 Å². The van der Waals surface area contributed by atoms with Crippen molar-refractivity contribution < 1.29 is 28.0 Å². The van der Waals surface area contributed by atoms with Gasteiger partial charge in [-0.15, -0.1) is 0 Å². The molecule has 0 radical (unpaired) electrons. The smallest absolute Gasteiger partial charge is 0.303 e. The van der Waals surface area contributed by atoms with Gasteiger partial charge in [0.1, 0.15) is 17.5 Å². The predicted molar refractivity (Wildman–Crippen MR) is 65.9 cm³/mol. The van der Waals surface area contributed by atoms with Crippen molar-refractivity contribution >= 4 is 17.7 Å². The molecule has 0 aliphatic rings. The number of carbonyl (C=O) groups excluding carboxylic acids is 3. The van der Waals surface area contributed by atoms with Crippen LogP contribution in [0.5, 0.6) is 0 Å². The molecular weight excluding hydrogens is 236 g/mol. The molecule has 0 heterocycles. The highest BCUT2D eigenvalue weighted by Crippen LogP contribution is 2.23. The lowest BCUT2D eigenvalue weighted by Gasteiger charge is -2.32. The van der Waals surface area contributed by atoms with Crippen LogP contribution in [0.2, 0.25) is 0 Å². The summed E-state index contributed by atoms with van der Waals surface area (Å²) in [6.07, 6.45) is -0.470. The summed E-state index contributed by atoms with van der Waals surface area (Å²) in [7, 11) is 0. The Morgan fingerprint density at radius 3 is 2.22 bits per heavy atom. The molecular formula is C13H22O5. The second-order valence-corrected chi connectivity index (χ2v) is 4.39. The van der Waals surface area contributed by atoms with Crippen molar-refractivity contribution in [1.29, 1.82) is 0 Å². The maximum atomic E-state index is 11.2. The van der Waals surface area contributed by atoms with Gasteiger partial charge in [-0.25, -0.2) is 0 Å². The highest BCUT2D eigenvalue weighted by molar-refractivity contribution is 5.75. The third-order valence-corrected chi connectivity index (χ3v) is 2.27. The van der Waals surface area contributed by atoms with E-state index in [9.17, 15) is 14.4 Å². The lowest BCUT2D eigenvalue weighted by molar-refractivity contribution is -0.179. The second kappa shape index (κ2) is 7.13. The van der Waals surface area contributed by atoms with E-state index in [1.165, 1.54) is 13.8 Å². The van der Waals surface area contributed by atoms with Crippen LogP contribution in [-0.2, 0) is 23.9 Å². The van der Waals surface area contributed by atoms with Crippen molar-refractivity contribution in [2.75, 3.05) is 0 Å². The van der Waals surface area contributed by atoms with E-state index >= 15 is 0 Å². The number of rotatable bonds is 7. The molecule has 0 bridgehead atoms. The summed E-state index contributed by atoms with van der Waals surface area (Å²) >= 11 is 0. The molecule has 104 valence electrons. The van der Waals surface area contributed by atoms with E-state index in [0.29, 0.717) is 6.42 Å². The van der Waals surface area contributed by atoms with Crippen LogP contribution in [0.3, 0.4) is 0 Å². The molecule has 0 aromatic heterocycles. The highest BCUT2D eigenvalue weighted by atomic mass is 16.6. The molecule has 0 amide bonds. The van der Waals surface area contributed by atoms with Gasteiger partial charge < -0.3 is 14.3 Å². The summed E-state index contributed by atoms with van der Waals surface area (Å²) in [6, 6.07) is 0. The summed E-state index contributed by atoms with van der Waals surface area (Å²) in [6.45, 7) is 2.18. The molecule has 0 aliphatic heterocycles. The van der Waals surface area contributed by atoms with Crippen molar-refractivity contribution in [3.63, 3.8) is 0 Å². The Morgan fingerprint density at radius 1 is 1.22 bits per heavy atom. The monoisotopic (exact) mass is 261 g/mol. The molecule has 2 atom stereocenters. The molecule has 0 N–H and O–H groups in total. The summed E-state index contributed by atoms with van der Waals surface area (Å²) in [5.74, 6) is -1.51. The minimum absolute atomic E-state index is 0.0559. The van der Waals surface area contributed by atoms with Crippen LogP contribution < -0.4 is 0 Å². The number of ether oxygens (including phenoxy) is 2. The van der Waals surface area contributed by atoms with Crippen molar-refractivity contribution in [2.45, 2.75) is 65.5 Å². The van der Waals surface area contributed by atoms with Gasteiger partial charge in [-0.2, -0.15) is 0 Å². The van der Waals surface area contributed by atoms with E-state index in [0.717, 1.165) is 13.8 Å². The van der Waals surface area contributed by atoms with Gasteiger partial charge >= 0.3 is 11.9 Å². The Balaban J connectivity index is 5.31. The molecule has 1 unspecified atom stereocenters. The number of hydrogen-bond acceptors (Lipinski definition) is 5. The maximum absolute atomic E-state index is 11.2. The Kier molecular flexibility index (Phi) is 4.63. The second-order valence-electron chi connectivity index (χ2n) is 4.39. The molecule has 0 aromatic carbocycles. The minimum Gasteiger partial charge on any atom is -0.458 e. The van der Waals surface area contributed by atoms with Crippen LogP contribution in [0.1, 0.15) is 57.9 Å². The molecule has 18 heavy (non-hydrogen) atoms. The van der Waals surface area contributed by atoms with Gasteiger partial charge in [-0.1, -0.05) is 0 Å². The highest BCUT2D eigenvalue weighted by Gasteiger charge is 2.34. The summed E-state index contributed by atoms with van der Waals surface area (Å²) in [4.78, 5) is 33.4. The van der Waals surface area contributed by atoms with Gasteiger partial charge in [-0.05, 0) is 33.5 Å². The first-order valence-corrected chi connectivity index (χ1v) is 5.76. The number of Topliss-reactive ketones (excluding diaryl/α,β-unsaturated/α-hetero) is 1. The largest absolute Gasteiger partial charge is 0.458 e. The summed E-state index contributed by atoms with van der Waals surface area (Å²) < 4.78 is 32.7. The number of ketones is 1. The maximum Gasteiger partial charge on any atom is 0.303 e. The third-order valence-electron chi connectivity index (χ3n) is 2.27. The molecule has 5 nitrogen and oxygen atoms in total. The lowest BCUT2D eigenvalue weighted by atomic mass is 9.95. The zero-order chi connectivity index (χ0) is 16.8. The normalized spacial score (nSPS) is 18.6. The predicted octanol–water partition coefficient (Wildman–Crippen LogP) is 2.02. The summed E-state index contributed by atoms with van der Waals surface area (Å²) in [5.41, 5.74) is -1.96. The van der Waals surface area contributed by atoms with Crippen LogP contribution >= 0.6 is 0 Å². The van der Waals surface area contributed by atoms with Gasteiger partial charge in [0.25, 0.3) is 0 Å². The molecule has 0 spiro atoms. The third kappa shape index (κ3) is 7.04. The SMILES string of the molecule is [2H]C([2H])([2H])[C@@](C)(OC(C)=O)C(CCCC(C)=O)OC(C)=O. The Hall–Kier alpha value is -1.39. The molecule has 0 saturated carbocycles. The minimum atomic E-state index is -2.67. The Morgan fingerprint density at radius 2 is 1.83 bits per heavy atom. The van der Waals surface area contributed by atoms with Gasteiger partial charge in [0.2, 0.25) is 0 Å². The quantitative estimate of drug-likeness (QED) is 0.656. The van der Waals surface area contributed by atoms with Crippen molar-refractivity contribution in [3.05, 3.63) is 0 Å². The van der Waals surface area contributed by atoms with Crippen molar-refractivity contribution in [3.8, 4) is 0 Å². The molecule has 0 rings (SSSR count). The van der Waals surface area contributed by atoms with Gasteiger partial charge in [0.15, 0.2) is 0 Å². The fourth-order valence-corrected chi connectivity index (χ4v) is 1.55. The first kappa shape index (κ1) is 11.7. The average Bonchev–Trinajstić information content (AvgIpc) is 2.23. The first-order chi connectivity index (χ1) is 9.40. The van der Waals surface area contributed by atoms with E-state index < -0.39 is 30.5 Å². The van der Waals surface area contributed by atoms with E-state index in [1.54, 1.807) is 0 Å². The molecule has 5 heteroatoms. The molecule has 0 fully saturated rings. The fraction of sp³-hybridized carbons (Fsp3) is 0.769.